The SMILES string of the molecule is CC(C)N(CCC(=O)N(C)C)CC1CCNCC1. The van der Waals surface area contributed by atoms with Crippen LogP contribution in [0.3, 0.4) is 0 Å². The van der Waals surface area contributed by atoms with Gasteiger partial charge in [-0.15, -0.1) is 0 Å². The summed E-state index contributed by atoms with van der Waals surface area (Å²) in [5.41, 5.74) is 0. The fourth-order valence-electron chi connectivity index (χ4n) is 2.42. The van der Waals surface area contributed by atoms with Crippen LogP contribution in [-0.4, -0.2) is 62.0 Å². The van der Waals surface area contributed by atoms with E-state index in [-0.39, 0.29) is 5.91 Å². The summed E-state index contributed by atoms with van der Waals surface area (Å²) in [6, 6.07) is 0.523. The number of nitrogens with zero attached hydrogens (tertiary/aromatic N) is 2. The largest absolute Gasteiger partial charge is 0.349 e. The zero-order valence-corrected chi connectivity index (χ0v) is 12.4. The Morgan fingerprint density at radius 1 is 1.28 bits per heavy atom. The van der Waals surface area contributed by atoms with E-state index < -0.39 is 0 Å². The van der Waals surface area contributed by atoms with Crippen molar-refractivity contribution in [1.29, 1.82) is 0 Å². The van der Waals surface area contributed by atoms with Gasteiger partial charge in [0.1, 0.15) is 0 Å². The van der Waals surface area contributed by atoms with E-state index in [9.17, 15) is 4.79 Å². The highest BCUT2D eigenvalue weighted by molar-refractivity contribution is 5.75. The van der Waals surface area contributed by atoms with Crippen molar-refractivity contribution in [3.05, 3.63) is 0 Å². The molecular weight excluding hydrogens is 226 g/mol. The smallest absolute Gasteiger partial charge is 0.223 e. The lowest BCUT2D eigenvalue weighted by Crippen LogP contribution is -2.41. The van der Waals surface area contributed by atoms with Crippen LogP contribution in [0.1, 0.15) is 33.1 Å². The van der Waals surface area contributed by atoms with Crippen molar-refractivity contribution in [1.82, 2.24) is 15.1 Å². The van der Waals surface area contributed by atoms with E-state index in [4.69, 9.17) is 0 Å². The van der Waals surface area contributed by atoms with Gasteiger partial charge >= 0.3 is 0 Å². The van der Waals surface area contributed by atoms with Crippen LogP contribution in [0.15, 0.2) is 0 Å². The molecule has 18 heavy (non-hydrogen) atoms. The van der Waals surface area contributed by atoms with Gasteiger partial charge in [-0.3, -0.25) is 4.79 Å². The molecule has 1 N–H and O–H groups in total. The molecule has 1 amide bonds. The lowest BCUT2D eigenvalue weighted by Gasteiger charge is -2.32. The fraction of sp³-hybridized carbons (Fsp3) is 0.929. The van der Waals surface area contributed by atoms with Crippen LogP contribution in [-0.2, 0) is 4.79 Å². The molecule has 0 aliphatic carbocycles. The number of hydrogen-bond donors (Lipinski definition) is 1. The second-order valence-electron chi connectivity index (χ2n) is 5.82. The number of carbonyl (C=O) groups is 1. The fourth-order valence-corrected chi connectivity index (χ4v) is 2.42. The van der Waals surface area contributed by atoms with Gasteiger partial charge in [0.05, 0.1) is 0 Å². The molecule has 1 aliphatic rings. The summed E-state index contributed by atoms with van der Waals surface area (Å²) >= 11 is 0. The maximum atomic E-state index is 11.7. The van der Waals surface area contributed by atoms with Gasteiger partial charge in [-0.1, -0.05) is 0 Å². The Bertz CT molecular complexity index is 247. The first-order chi connectivity index (χ1) is 8.50. The number of piperidine rings is 1. The highest BCUT2D eigenvalue weighted by Gasteiger charge is 2.19. The number of nitrogens with one attached hydrogen (secondary N) is 1. The van der Waals surface area contributed by atoms with E-state index in [2.05, 4.69) is 24.1 Å². The molecule has 1 aliphatic heterocycles. The van der Waals surface area contributed by atoms with Crippen LogP contribution < -0.4 is 5.32 Å². The lowest BCUT2D eigenvalue weighted by molar-refractivity contribution is -0.129. The van der Waals surface area contributed by atoms with Crippen molar-refractivity contribution in [2.24, 2.45) is 5.92 Å². The molecule has 0 aromatic carbocycles. The van der Waals surface area contributed by atoms with Crippen LogP contribution in [0.25, 0.3) is 0 Å². The van der Waals surface area contributed by atoms with Crippen LogP contribution >= 0.6 is 0 Å². The summed E-state index contributed by atoms with van der Waals surface area (Å²) in [6.45, 7) is 8.77. The minimum absolute atomic E-state index is 0.228. The average Bonchev–Trinajstić information content (AvgIpc) is 2.34. The molecule has 106 valence electrons. The Balaban J connectivity index is 2.36. The Hall–Kier alpha value is -0.610. The summed E-state index contributed by atoms with van der Waals surface area (Å²) in [7, 11) is 3.66. The van der Waals surface area contributed by atoms with Crippen molar-refractivity contribution >= 4 is 5.91 Å². The average molecular weight is 255 g/mol. The first kappa shape index (κ1) is 15.4. The van der Waals surface area contributed by atoms with E-state index in [0.29, 0.717) is 12.5 Å². The van der Waals surface area contributed by atoms with E-state index in [1.165, 1.54) is 12.8 Å². The summed E-state index contributed by atoms with van der Waals surface area (Å²) in [5.74, 6) is 1.02. The van der Waals surface area contributed by atoms with Crippen LogP contribution in [0.2, 0.25) is 0 Å². The maximum absolute atomic E-state index is 11.7. The molecule has 4 nitrogen and oxygen atoms in total. The lowest BCUT2D eigenvalue weighted by atomic mass is 9.97. The summed E-state index contributed by atoms with van der Waals surface area (Å²) < 4.78 is 0. The standard InChI is InChI=1S/C14H29N3O/c1-12(2)17(10-7-14(18)16(3)4)11-13-5-8-15-9-6-13/h12-13,15H,5-11H2,1-4H3. The monoisotopic (exact) mass is 255 g/mol. The van der Waals surface area contributed by atoms with E-state index in [1.807, 2.05) is 14.1 Å². The minimum Gasteiger partial charge on any atom is -0.349 e. The van der Waals surface area contributed by atoms with Crippen molar-refractivity contribution in [3.8, 4) is 0 Å². The van der Waals surface area contributed by atoms with Gasteiger partial charge < -0.3 is 15.1 Å². The Labute approximate surface area is 112 Å². The Kier molecular flexibility index (Phi) is 6.65. The summed E-state index contributed by atoms with van der Waals surface area (Å²) in [4.78, 5) is 15.8. The Morgan fingerprint density at radius 2 is 1.89 bits per heavy atom. The minimum atomic E-state index is 0.228. The molecule has 0 saturated carbocycles. The highest BCUT2D eigenvalue weighted by Crippen LogP contribution is 2.15. The first-order valence-electron chi connectivity index (χ1n) is 7.15. The van der Waals surface area contributed by atoms with Crippen molar-refractivity contribution in [2.75, 3.05) is 40.3 Å². The normalized spacial score (nSPS) is 17.4. The molecule has 1 saturated heterocycles. The zero-order chi connectivity index (χ0) is 13.5. The van der Waals surface area contributed by atoms with Crippen LogP contribution in [0.5, 0.6) is 0 Å². The molecule has 1 heterocycles. The van der Waals surface area contributed by atoms with Gasteiger partial charge in [-0.05, 0) is 45.7 Å². The second-order valence-corrected chi connectivity index (χ2v) is 5.82. The van der Waals surface area contributed by atoms with E-state index in [1.54, 1.807) is 4.90 Å². The predicted octanol–water partition coefficient (Wildman–Crippen LogP) is 1.17. The highest BCUT2D eigenvalue weighted by atomic mass is 16.2. The quantitative estimate of drug-likeness (QED) is 0.774. The van der Waals surface area contributed by atoms with Gasteiger partial charge in [-0.25, -0.2) is 0 Å². The van der Waals surface area contributed by atoms with Crippen molar-refractivity contribution < 1.29 is 4.79 Å². The molecule has 1 fully saturated rings. The van der Waals surface area contributed by atoms with Crippen molar-refractivity contribution in [2.45, 2.75) is 39.2 Å². The maximum Gasteiger partial charge on any atom is 0.223 e. The van der Waals surface area contributed by atoms with Gasteiger partial charge in [0.15, 0.2) is 0 Å². The molecule has 0 radical (unpaired) electrons. The van der Waals surface area contributed by atoms with Gasteiger partial charge in [-0.2, -0.15) is 0 Å². The molecular formula is C14H29N3O. The zero-order valence-electron chi connectivity index (χ0n) is 12.4. The van der Waals surface area contributed by atoms with E-state index >= 15 is 0 Å². The molecule has 0 unspecified atom stereocenters. The summed E-state index contributed by atoms with van der Waals surface area (Å²) in [6.07, 6.45) is 3.17. The molecule has 0 aromatic rings. The van der Waals surface area contributed by atoms with Crippen molar-refractivity contribution in [3.63, 3.8) is 0 Å². The number of rotatable bonds is 6. The third-order valence-electron chi connectivity index (χ3n) is 3.79. The van der Waals surface area contributed by atoms with Crippen LogP contribution in [0.4, 0.5) is 0 Å². The number of hydrogen-bond acceptors (Lipinski definition) is 3. The predicted molar refractivity (Wildman–Crippen MR) is 75.6 cm³/mol. The first-order valence-corrected chi connectivity index (χ1v) is 7.15. The molecule has 0 aromatic heterocycles. The molecule has 0 atom stereocenters. The van der Waals surface area contributed by atoms with E-state index in [0.717, 1.165) is 32.1 Å². The molecule has 0 spiro atoms. The number of amides is 1. The summed E-state index contributed by atoms with van der Waals surface area (Å²) in [5, 5.41) is 3.40. The Morgan fingerprint density at radius 3 is 2.39 bits per heavy atom. The van der Waals surface area contributed by atoms with Gasteiger partial charge in [0.25, 0.3) is 0 Å². The molecule has 0 bridgehead atoms. The van der Waals surface area contributed by atoms with Crippen LogP contribution in [0, 0.1) is 5.92 Å². The third kappa shape index (κ3) is 5.36. The second kappa shape index (κ2) is 7.74. The number of carbonyl (C=O) groups excluding carboxylic acids is 1. The van der Waals surface area contributed by atoms with Gasteiger partial charge in [0.2, 0.25) is 5.91 Å². The van der Waals surface area contributed by atoms with Gasteiger partial charge in [0, 0.05) is 39.6 Å². The third-order valence-corrected chi connectivity index (χ3v) is 3.79. The molecule has 4 heteroatoms. The topological polar surface area (TPSA) is 35.6 Å². The molecule has 1 rings (SSSR count).